The van der Waals surface area contributed by atoms with Crippen LogP contribution in [0.25, 0.3) is 0 Å². The molecule has 11 nitrogen and oxygen atoms in total. The third-order valence-electron chi connectivity index (χ3n) is 6.59. The standard InChI is InChI=1S/C29H40N2O9/c1-5-20(15-18(3)21-7-11-23(12-8-21)27(34)30-37)22-9-13-24(14-10-22)28(35)31-40-26(16-32)19(4)39-29(36)25(33)17-38-6-2/h7-14,17-20,26,29,32-33,36-37H,5-6,15-16H2,1-4H3,(H,30,34)(H,31,35)/b25-17+. The van der Waals surface area contributed by atoms with Gasteiger partial charge in [0.05, 0.1) is 19.3 Å². The predicted octanol–water partition coefficient (Wildman–Crippen LogP) is 3.67. The number of hydrogen-bond donors (Lipinski definition) is 6. The van der Waals surface area contributed by atoms with Crippen LogP contribution in [0, 0.1) is 0 Å². The maximum absolute atomic E-state index is 12.6. The molecule has 5 unspecified atom stereocenters. The number of carbonyl (C=O) groups is 2. The van der Waals surface area contributed by atoms with E-state index >= 15 is 0 Å². The topological polar surface area (TPSA) is 167 Å². The lowest BCUT2D eigenvalue weighted by Gasteiger charge is -2.24. The van der Waals surface area contributed by atoms with E-state index in [0.717, 1.165) is 30.2 Å². The maximum Gasteiger partial charge on any atom is 0.274 e. The number of amides is 2. The van der Waals surface area contributed by atoms with E-state index in [4.69, 9.17) is 19.5 Å². The average molecular weight is 561 g/mol. The molecule has 0 heterocycles. The van der Waals surface area contributed by atoms with Crippen molar-refractivity contribution in [3.8, 4) is 0 Å². The predicted molar refractivity (Wildman–Crippen MR) is 147 cm³/mol. The molecule has 0 aliphatic rings. The van der Waals surface area contributed by atoms with Crippen LogP contribution < -0.4 is 11.0 Å². The summed E-state index contributed by atoms with van der Waals surface area (Å²) in [5, 5.41) is 38.0. The molecule has 0 saturated heterocycles. The molecule has 0 aliphatic carbocycles. The molecule has 5 atom stereocenters. The number of rotatable bonds is 16. The highest BCUT2D eigenvalue weighted by Gasteiger charge is 2.25. The van der Waals surface area contributed by atoms with Crippen molar-refractivity contribution < 1.29 is 44.4 Å². The smallest absolute Gasteiger partial charge is 0.274 e. The van der Waals surface area contributed by atoms with Crippen molar-refractivity contribution in [2.45, 2.75) is 70.9 Å². The zero-order chi connectivity index (χ0) is 29.7. The molecular weight excluding hydrogens is 520 g/mol. The Balaban J connectivity index is 1.95. The Bertz CT molecular complexity index is 1090. The van der Waals surface area contributed by atoms with E-state index in [1.54, 1.807) is 36.7 Å². The minimum Gasteiger partial charge on any atom is -0.505 e. The summed E-state index contributed by atoms with van der Waals surface area (Å²) in [4.78, 5) is 29.5. The third kappa shape index (κ3) is 9.61. The van der Waals surface area contributed by atoms with Gasteiger partial charge in [0.15, 0.2) is 5.76 Å². The van der Waals surface area contributed by atoms with Gasteiger partial charge in [0, 0.05) is 11.1 Å². The molecule has 0 saturated carbocycles. The molecule has 0 spiro atoms. The van der Waals surface area contributed by atoms with Gasteiger partial charge in [-0.1, -0.05) is 38.1 Å². The second-order valence-electron chi connectivity index (χ2n) is 9.39. The monoisotopic (exact) mass is 560 g/mol. The molecule has 0 fully saturated rings. The molecule has 2 amide bonds. The van der Waals surface area contributed by atoms with E-state index in [1.807, 2.05) is 24.3 Å². The Morgan fingerprint density at radius 3 is 2.05 bits per heavy atom. The van der Waals surface area contributed by atoms with Gasteiger partial charge in [-0.3, -0.25) is 19.6 Å². The summed E-state index contributed by atoms with van der Waals surface area (Å²) in [6.07, 6.45) is -0.899. The molecule has 0 bridgehead atoms. The lowest BCUT2D eigenvalue weighted by atomic mass is 9.84. The van der Waals surface area contributed by atoms with Crippen LogP contribution >= 0.6 is 0 Å². The van der Waals surface area contributed by atoms with Crippen LogP contribution in [0.1, 0.15) is 84.2 Å². The van der Waals surface area contributed by atoms with Crippen molar-refractivity contribution in [3.05, 3.63) is 82.8 Å². The fourth-order valence-corrected chi connectivity index (χ4v) is 4.09. The number of aliphatic hydroxyl groups is 3. The van der Waals surface area contributed by atoms with Crippen LogP contribution in [0.3, 0.4) is 0 Å². The highest BCUT2D eigenvalue weighted by molar-refractivity contribution is 5.93. The van der Waals surface area contributed by atoms with Gasteiger partial charge in [-0.2, -0.15) is 0 Å². The molecule has 11 heteroatoms. The minimum atomic E-state index is -1.69. The van der Waals surface area contributed by atoms with Gasteiger partial charge in [0.1, 0.15) is 12.4 Å². The molecule has 0 aliphatic heterocycles. The first-order valence-corrected chi connectivity index (χ1v) is 13.2. The summed E-state index contributed by atoms with van der Waals surface area (Å²) >= 11 is 0. The largest absolute Gasteiger partial charge is 0.505 e. The molecule has 6 N–H and O–H groups in total. The first kappa shape index (κ1) is 32.7. The van der Waals surface area contributed by atoms with E-state index in [-0.39, 0.29) is 11.8 Å². The number of nitrogens with one attached hydrogen (secondary N) is 2. The quantitative estimate of drug-likeness (QED) is 0.0777. The molecule has 220 valence electrons. The summed E-state index contributed by atoms with van der Waals surface area (Å²) in [6.45, 7) is 7.20. The zero-order valence-corrected chi connectivity index (χ0v) is 23.2. The van der Waals surface area contributed by atoms with Crippen LogP contribution in [-0.4, -0.2) is 64.1 Å². The van der Waals surface area contributed by atoms with Crippen molar-refractivity contribution >= 4 is 11.8 Å². The van der Waals surface area contributed by atoms with E-state index in [0.29, 0.717) is 17.7 Å². The van der Waals surface area contributed by atoms with Gasteiger partial charge in [0.2, 0.25) is 6.29 Å². The van der Waals surface area contributed by atoms with Crippen LogP contribution in [0.5, 0.6) is 0 Å². The number of ether oxygens (including phenoxy) is 2. The second kappa shape index (κ2) is 16.6. The second-order valence-corrected chi connectivity index (χ2v) is 9.39. The fourth-order valence-electron chi connectivity index (χ4n) is 4.09. The van der Waals surface area contributed by atoms with E-state index in [1.165, 1.54) is 6.92 Å². The van der Waals surface area contributed by atoms with Crippen LogP contribution in [0.15, 0.2) is 60.6 Å². The van der Waals surface area contributed by atoms with Crippen molar-refractivity contribution in [2.75, 3.05) is 13.2 Å². The van der Waals surface area contributed by atoms with Crippen LogP contribution in [-0.2, 0) is 14.3 Å². The van der Waals surface area contributed by atoms with Gasteiger partial charge < -0.3 is 24.8 Å². The number of hydroxylamine groups is 2. The van der Waals surface area contributed by atoms with Crippen molar-refractivity contribution in [1.82, 2.24) is 11.0 Å². The molecule has 0 aromatic heterocycles. The van der Waals surface area contributed by atoms with E-state index < -0.39 is 42.7 Å². The summed E-state index contributed by atoms with van der Waals surface area (Å²) in [7, 11) is 0. The van der Waals surface area contributed by atoms with E-state index in [2.05, 4.69) is 19.3 Å². The number of carbonyl (C=O) groups excluding carboxylic acids is 2. The number of hydrogen-bond acceptors (Lipinski definition) is 9. The fraction of sp³-hybridized carbons (Fsp3) is 0.448. The molecule has 0 radical (unpaired) electrons. The molecule has 2 aromatic rings. The average Bonchev–Trinajstić information content (AvgIpc) is 2.98. The van der Waals surface area contributed by atoms with Gasteiger partial charge in [-0.25, -0.2) is 11.0 Å². The van der Waals surface area contributed by atoms with Crippen molar-refractivity contribution in [2.24, 2.45) is 0 Å². The Hall–Kier alpha value is -3.48. The lowest BCUT2D eigenvalue weighted by Crippen LogP contribution is -2.41. The normalized spacial score (nSPS) is 15.4. The molecule has 2 aromatic carbocycles. The van der Waals surface area contributed by atoms with Gasteiger partial charge in [0.25, 0.3) is 11.8 Å². The molecule has 2 rings (SSSR count). The first-order valence-electron chi connectivity index (χ1n) is 13.2. The van der Waals surface area contributed by atoms with Gasteiger partial charge >= 0.3 is 0 Å². The maximum atomic E-state index is 12.6. The number of benzene rings is 2. The highest BCUT2D eigenvalue weighted by atomic mass is 16.7. The molecular formula is C29H40N2O9. The van der Waals surface area contributed by atoms with Crippen molar-refractivity contribution in [3.63, 3.8) is 0 Å². The summed E-state index contributed by atoms with van der Waals surface area (Å²) in [6, 6.07) is 14.3. The van der Waals surface area contributed by atoms with E-state index in [9.17, 15) is 24.9 Å². The summed E-state index contributed by atoms with van der Waals surface area (Å²) < 4.78 is 10.1. The Morgan fingerprint density at radius 2 is 1.52 bits per heavy atom. The number of aliphatic hydroxyl groups excluding tert-OH is 3. The minimum absolute atomic E-state index is 0.210. The zero-order valence-electron chi connectivity index (χ0n) is 23.2. The first-order chi connectivity index (χ1) is 19.1. The molecule has 40 heavy (non-hydrogen) atoms. The summed E-state index contributed by atoms with van der Waals surface area (Å²) in [5.74, 6) is -1.17. The summed E-state index contributed by atoms with van der Waals surface area (Å²) in [5.41, 5.74) is 6.80. The SMILES string of the molecule is CCO/C=C(/O)C(O)OC(C)C(CO)ONC(=O)c1ccc(C(CC)CC(C)c2ccc(C(=O)NO)cc2)cc1. The van der Waals surface area contributed by atoms with Crippen molar-refractivity contribution in [1.29, 1.82) is 0 Å². The van der Waals surface area contributed by atoms with Gasteiger partial charge in [-0.05, 0) is 73.9 Å². The van der Waals surface area contributed by atoms with Crippen LogP contribution in [0.4, 0.5) is 0 Å². The Morgan fingerprint density at radius 1 is 0.950 bits per heavy atom. The Labute approximate surface area is 234 Å². The lowest BCUT2D eigenvalue weighted by molar-refractivity contribution is -0.180. The third-order valence-corrected chi connectivity index (χ3v) is 6.59. The van der Waals surface area contributed by atoms with Gasteiger partial charge in [-0.15, -0.1) is 0 Å². The highest BCUT2D eigenvalue weighted by Crippen LogP contribution is 2.32. The Kier molecular flexibility index (Phi) is 13.6. The van der Waals surface area contributed by atoms with Crippen LogP contribution in [0.2, 0.25) is 0 Å².